The second-order valence-electron chi connectivity index (χ2n) is 5.64. The van der Waals surface area contributed by atoms with Crippen molar-refractivity contribution in [2.45, 2.75) is 46.2 Å². The van der Waals surface area contributed by atoms with Gasteiger partial charge in [0.25, 0.3) is 5.56 Å². The first-order valence-electron chi connectivity index (χ1n) is 7.26. The molecule has 0 aromatic carbocycles. The molecule has 7 nitrogen and oxygen atoms in total. The van der Waals surface area contributed by atoms with Gasteiger partial charge < -0.3 is 10.3 Å². The van der Waals surface area contributed by atoms with Crippen molar-refractivity contribution < 1.29 is 0 Å². The summed E-state index contributed by atoms with van der Waals surface area (Å²) in [5.41, 5.74) is 5.86. The molecule has 7 heteroatoms. The fourth-order valence-corrected chi connectivity index (χ4v) is 2.61. The summed E-state index contributed by atoms with van der Waals surface area (Å²) in [5.74, 6) is 0.991. The molecule has 2 aromatic heterocycles. The van der Waals surface area contributed by atoms with Crippen LogP contribution in [0.4, 0.5) is 0 Å². The lowest BCUT2D eigenvalue weighted by Crippen LogP contribution is -2.43. The first-order valence-corrected chi connectivity index (χ1v) is 7.26. The number of aromatic nitrogens is 4. The third-order valence-electron chi connectivity index (χ3n) is 3.83. The standard InChI is InChI=1S/C14H23N5O2/c1-6-18-10-12(16-11(18)8(2)3)17(5)14(21)19(13(10)20)9(4)7-15/h8-9H,6-7,15H2,1-5H3. The van der Waals surface area contributed by atoms with Crippen LogP contribution in [0.15, 0.2) is 9.59 Å². The maximum atomic E-state index is 12.8. The number of aryl methyl sites for hydroxylation is 2. The first-order chi connectivity index (χ1) is 9.84. The Morgan fingerprint density at radius 2 is 1.86 bits per heavy atom. The number of imidazole rings is 1. The Labute approximate surface area is 123 Å². The number of hydrogen-bond donors (Lipinski definition) is 1. The third kappa shape index (κ3) is 2.21. The molecule has 0 aliphatic heterocycles. The highest BCUT2D eigenvalue weighted by Crippen LogP contribution is 2.18. The second kappa shape index (κ2) is 5.48. The molecule has 2 heterocycles. The highest BCUT2D eigenvalue weighted by atomic mass is 16.2. The van der Waals surface area contributed by atoms with Crippen LogP contribution in [0.5, 0.6) is 0 Å². The summed E-state index contributed by atoms with van der Waals surface area (Å²) in [6.45, 7) is 8.64. The molecule has 0 spiro atoms. The fourth-order valence-electron chi connectivity index (χ4n) is 2.61. The summed E-state index contributed by atoms with van der Waals surface area (Å²) < 4.78 is 4.54. The van der Waals surface area contributed by atoms with E-state index in [-0.39, 0.29) is 29.8 Å². The zero-order valence-electron chi connectivity index (χ0n) is 13.3. The van der Waals surface area contributed by atoms with Gasteiger partial charge in [0.2, 0.25) is 0 Å². The van der Waals surface area contributed by atoms with Gasteiger partial charge in [0.15, 0.2) is 11.2 Å². The van der Waals surface area contributed by atoms with Gasteiger partial charge in [0, 0.05) is 26.1 Å². The van der Waals surface area contributed by atoms with E-state index in [4.69, 9.17) is 5.73 Å². The number of fused-ring (bicyclic) bond motifs is 1. The van der Waals surface area contributed by atoms with E-state index in [0.717, 1.165) is 5.82 Å². The van der Waals surface area contributed by atoms with Crippen LogP contribution in [0.25, 0.3) is 11.2 Å². The minimum absolute atomic E-state index is 0.173. The van der Waals surface area contributed by atoms with E-state index in [1.807, 2.05) is 25.3 Å². The normalized spacial score (nSPS) is 13.3. The molecule has 0 bridgehead atoms. The van der Waals surface area contributed by atoms with Crippen LogP contribution in [0, 0.1) is 0 Å². The van der Waals surface area contributed by atoms with Crippen molar-refractivity contribution in [1.82, 2.24) is 18.7 Å². The maximum Gasteiger partial charge on any atom is 0.332 e. The molecule has 1 unspecified atom stereocenters. The van der Waals surface area contributed by atoms with Crippen LogP contribution in [0.2, 0.25) is 0 Å². The number of nitrogens with two attached hydrogens (primary N) is 1. The summed E-state index contributed by atoms with van der Waals surface area (Å²) in [6, 6.07) is -0.344. The molecule has 21 heavy (non-hydrogen) atoms. The predicted octanol–water partition coefficient (Wildman–Crippen LogP) is 0.560. The third-order valence-corrected chi connectivity index (χ3v) is 3.83. The average molecular weight is 293 g/mol. The molecular weight excluding hydrogens is 270 g/mol. The van der Waals surface area contributed by atoms with E-state index in [1.54, 1.807) is 14.0 Å². The number of hydrogen-bond acceptors (Lipinski definition) is 4. The largest absolute Gasteiger partial charge is 0.332 e. The SMILES string of the molecule is CCn1c(C(C)C)nc2c1c(=O)n(C(C)CN)c(=O)n2C. The van der Waals surface area contributed by atoms with Gasteiger partial charge in [0.1, 0.15) is 5.82 Å². The van der Waals surface area contributed by atoms with Crippen LogP contribution >= 0.6 is 0 Å². The Balaban J connectivity index is 3.01. The number of rotatable bonds is 4. The molecule has 0 radical (unpaired) electrons. The van der Waals surface area contributed by atoms with Gasteiger partial charge in [-0.25, -0.2) is 9.78 Å². The van der Waals surface area contributed by atoms with E-state index in [0.29, 0.717) is 17.7 Å². The zero-order valence-corrected chi connectivity index (χ0v) is 13.3. The predicted molar refractivity (Wildman–Crippen MR) is 82.8 cm³/mol. The summed E-state index contributed by atoms with van der Waals surface area (Å²) in [5, 5.41) is 0. The minimum Gasteiger partial charge on any atom is -0.328 e. The van der Waals surface area contributed by atoms with Crippen molar-refractivity contribution in [1.29, 1.82) is 0 Å². The molecule has 0 aliphatic carbocycles. The zero-order chi connectivity index (χ0) is 15.9. The molecule has 0 fully saturated rings. The summed E-state index contributed by atoms with van der Waals surface area (Å²) in [7, 11) is 1.64. The lowest BCUT2D eigenvalue weighted by atomic mass is 10.2. The van der Waals surface area contributed by atoms with Crippen LogP contribution in [-0.4, -0.2) is 25.2 Å². The monoisotopic (exact) mass is 293 g/mol. The molecule has 116 valence electrons. The van der Waals surface area contributed by atoms with E-state index >= 15 is 0 Å². The van der Waals surface area contributed by atoms with Crippen LogP contribution in [-0.2, 0) is 13.6 Å². The van der Waals surface area contributed by atoms with Crippen LogP contribution in [0.3, 0.4) is 0 Å². The lowest BCUT2D eigenvalue weighted by molar-refractivity contribution is 0.500. The van der Waals surface area contributed by atoms with E-state index in [1.165, 1.54) is 9.13 Å². The molecule has 0 saturated carbocycles. The number of nitrogens with zero attached hydrogens (tertiary/aromatic N) is 4. The second-order valence-corrected chi connectivity index (χ2v) is 5.64. The lowest BCUT2D eigenvalue weighted by Gasteiger charge is -2.14. The van der Waals surface area contributed by atoms with Gasteiger partial charge >= 0.3 is 5.69 Å². The average Bonchev–Trinajstić information content (AvgIpc) is 2.84. The van der Waals surface area contributed by atoms with Gasteiger partial charge in [-0.15, -0.1) is 0 Å². The van der Waals surface area contributed by atoms with Gasteiger partial charge in [-0.1, -0.05) is 13.8 Å². The molecule has 1 atom stereocenters. The van der Waals surface area contributed by atoms with Gasteiger partial charge in [0.05, 0.1) is 6.04 Å². The Morgan fingerprint density at radius 1 is 1.24 bits per heavy atom. The Bertz CT molecular complexity index is 781. The molecule has 0 amide bonds. The minimum atomic E-state index is -0.374. The molecule has 2 rings (SSSR count). The van der Waals surface area contributed by atoms with Crippen molar-refractivity contribution in [3.8, 4) is 0 Å². The van der Waals surface area contributed by atoms with Gasteiger partial charge in [-0.05, 0) is 13.8 Å². The molecule has 2 aromatic rings. The van der Waals surface area contributed by atoms with Crippen molar-refractivity contribution in [3.05, 3.63) is 26.7 Å². The summed E-state index contributed by atoms with van der Waals surface area (Å²) >= 11 is 0. The van der Waals surface area contributed by atoms with E-state index in [2.05, 4.69) is 4.98 Å². The van der Waals surface area contributed by atoms with Crippen LogP contribution < -0.4 is 17.0 Å². The van der Waals surface area contributed by atoms with Crippen LogP contribution in [0.1, 0.15) is 45.5 Å². The summed E-state index contributed by atoms with van der Waals surface area (Å²) in [6.07, 6.45) is 0. The Hall–Kier alpha value is -1.89. The Morgan fingerprint density at radius 3 is 2.33 bits per heavy atom. The molecular formula is C14H23N5O2. The van der Waals surface area contributed by atoms with Gasteiger partial charge in [-0.2, -0.15) is 0 Å². The van der Waals surface area contributed by atoms with Crippen molar-refractivity contribution in [2.75, 3.05) is 6.54 Å². The summed E-state index contributed by atoms with van der Waals surface area (Å²) in [4.78, 5) is 29.7. The maximum absolute atomic E-state index is 12.8. The topological polar surface area (TPSA) is 87.8 Å². The Kier molecular flexibility index (Phi) is 4.04. The smallest absolute Gasteiger partial charge is 0.328 e. The molecule has 0 saturated heterocycles. The van der Waals surface area contributed by atoms with Crippen molar-refractivity contribution >= 4 is 11.2 Å². The first kappa shape index (κ1) is 15.5. The molecule has 0 aliphatic rings. The van der Waals surface area contributed by atoms with Crippen molar-refractivity contribution in [2.24, 2.45) is 12.8 Å². The van der Waals surface area contributed by atoms with Gasteiger partial charge in [-0.3, -0.25) is 13.9 Å². The quantitative estimate of drug-likeness (QED) is 0.892. The highest BCUT2D eigenvalue weighted by Gasteiger charge is 2.22. The van der Waals surface area contributed by atoms with Crippen molar-refractivity contribution in [3.63, 3.8) is 0 Å². The molecule has 2 N–H and O–H groups in total. The van der Waals surface area contributed by atoms with E-state index in [9.17, 15) is 9.59 Å². The van der Waals surface area contributed by atoms with E-state index < -0.39 is 0 Å². The fraction of sp³-hybridized carbons (Fsp3) is 0.643. The highest BCUT2D eigenvalue weighted by molar-refractivity contribution is 5.71.